The van der Waals surface area contributed by atoms with E-state index in [4.69, 9.17) is 0 Å². The van der Waals surface area contributed by atoms with Gasteiger partial charge in [0, 0.05) is 0 Å². The third-order valence-electron chi connectivity index (χ3n) is 1.16. The molecule has 0 fully saturated rings. The Labute approximate surface area is 68.9 Å². The molecule has 0 unspecified atom stereocenters. The number of hydrogen-bond acceptors (Lipinski definition) is 0. The van der Waals surface area contributed by atoms with Crippen molar-refractivity contribution in [1.29, 1.82) is 0 Å². The Morgan fingerprint density at radius 3 is 2.56 bits per heavy atom. The molecule has 9 heavy (non-hydrogen) atoms. The van der Waals surface area contributed by atoms with Crippen LogP contribution >= 0.6 is 0 Å². The standard InChI is InChI=1S/C7H6F.Bi/c1-6-3-2-4-7(8)5-6;/h2,4-5H,1H3;. The molecule has 0 amide bonds. The average molecular weight is 318 g/mol. The summed E-state index contributed by atoms with van der Waals surface area (Å²) in [5, 5.41) is 0. The predicted molar refractivity (Wildman–Crippen MR) is 36.5 cm³/mol. The van der Waals surface area contributed by atoms with Gasteiger partial charge in [-0.2, -0.15) is 0 Å². The molecule has 1 aromatic carbocycles. The number of halogens is 1. The summed E-state index contributed by atoms with van der Waals surface area (Å²) >= 11 is 1.20. The van der Waals surface area contributed by atoms with Crippen molar-refractivity contribution in [2.75, 3.05) is 0 Å². The summed E-state index contributed by atoms with van der Waals surface area (Å²) in [4.78, 5) is 0. The van der Waals surface area contributed by atoms with Crippen LogP contribution in [0, 0.1) is 12.7 Å². The molecule has 0 aromatic heterocycles. The summed E-state index contributed by atoms with van der Waals surface area (Å²) in [7, 11) is 0. The molecule has 0 saturated carbocycles. The van der Waals surface area contributed by atoms with Gasteiger partial charge in [0.25, 0.3) is 0 Å². The van der Waals surface area contributed by atoms with E-state index in [1.165, 1.54) is 34.1 Å². The maximum atomic E-state index is 12.4. The second-order valence-electron chi connectivity index (χ2n) is 1.93. The molecule has 0 atom stereocenters. The molecule has 0 aliphatic heterocycles. The van der Waals surface area contributed by atoms with Gasteiger partial charge in [-0.1, -0.05) is 0 Å². The van der Waals surface area contributed by atoms with Gasteiger partial charge in [-0.05, 0) is 0 Å². The normalized spacial score (nSPS) is 9.67. The molecule has 0 bridgehead atoms. The van der Waals surface area contributed by atoms with Gasteiger partial charge in [-0.3, -0.25) is 0 Å². The fraction of sp³-hybridized carbons (Fsp3) is 0.143. The monoisotopic (exact) mass is 318 g/mol. The van der Waals surface area contributed by atoms with Crippen molar-refractivity contribution < 1.29 is 4.39 Å². The first-order chi connectivity index (χ1) is 4.20. The van der Waals surface area contributed by atoms with Crippen molar-refractivity contribution in [3.63, 3.8) is 0 Å². The molecular weight excluding hydrogens is 312 g/mol. The predicted octanol–water partition coefficient (Wildman–Crippen LogP) is 0.928. The summed E-state index contributed by atoms with van der Waals surface area (Å²) in [5.74, 6) is -0.137. The Balaban J connectivity index is 3.17. The van der Waals surface area contributed by atoms with E-state index in [2.05, 4.69) is 0 Å². The molecule has 0 N–H and O–H groups in total. The van der Waals surface area contributed by atoms with E-state index in [1.54, 1.807) is 6.07 Å². The van der Waals surface area contributed by atoms with Crippen molar-refractivity contribution in [2.45, 2.75) is 6.92 Å². The van der Waals surface area contributed by atoms with E-state index in [-0.39, 0.29) is 5.82 Å². The second kappa shape index (κ2) is 2.74. The minimum absolute atomic E-state index is 0.137. The topological polar surface area (TPSA) is 0 Å². The molecule has 2 heteroatoms. The van der Waals surface area contributed by atoms with Gasteiger partial charge in [0.2, 0.25) is 0 Å². The summed E-state index contributed by atoms with van der Waals surface area (Å²) in [6, 6.07) is 4.90. The van der Waals surface area contributed by atoms with Crippen molar-refractivity contribution in [1.82, 2.24) is 0 Å². The third-order valence-corrected chi connectivity index (χ3v) is 3.11. The fourth-order valence-electron chi connectivity index (χ4n) is 0.619. The Bertz CT molecular complexity index is 220. The van der Waals surface area contributed by atoms with E-state index >= 15 is 0 Å². The van der Waals surface area contributed by atoms with Crippen molar-refractivity contribution in [3.8, 4) is 0 Å². The molecule has 1 aromatic rings. The molecule has 0 nitrogen and oxygen atoms in total. The van der Waals surface area contributed by atoms with Crippen LogP contribution in [0.5, 0.6) is 0 Å². The van der Waals surface area contributed by atoms with Crippen LogP contribution < -0.4 is 3.27 Å². The molecular formula is C7H6BiF. The van der Waals surface area contributed by atoms with Gasteiger partial charge in [0.15, 0.2) is 0 Å². The number of rotatable bonds is 0. The Morgan fingerprint density at radius 2 is 2.11 bits per heavy atom. The van der Waals surface area contributed by atoms with Crippen LogP contribution in [0.1, 0.15) is 5.56 Å². The minimum atomic E-state index is -0.137. The molecule has 2 radical (unpaired) electrons. The van der Waals surface area contributed by atoms with Crippen LogP contribution in [-0.4, -0.2) is 24.7 Å². The first-order valence-electron chi connectivity index (χ1n) is 2.65. The van der Waals surface area contributed by atoms with Gasteiger partial charge >= 0.3 is 68.9 Å². The zero-order valence-electron chi connectivity index (χ0n) is 5.06. The van der Waals surface area contributed by atoms with Gasteiger partial charge < -0.3 is 0 Å². The van der Waals surface area contributed by atoms with Gasteiger partial charge in [-0.15, -0.1) is 0 Å². The van der Waals surface area contributed by atoms with Crippen molar-refractivity contribution >= 4 is 28.0 Å². The van der Waals surface area contributed by atoms with Crippen LogP contribution in [0.3, 0.4) is 0 Å². The zero-order valence-corrected chi connectivity index (χ0v) is 8.53. The van der Waals surface area contributed by atoms with Gasteiger partial charge in [0.05, 0.1) is 0 Å². The first kappa shape index (κ1) is 7.14. The van der Waals surface area contributed by atoms with E-state index < -0.39 is 0 Å². The van der Waals surface area contributed by atoms with E-state index in [0.717, 1.165) is 5.56 Å². The average Bonchev–Trinajstić information content (AvgIpc) is 1.80. The molecule has 0 aliphatic carbocycles. The Kier molecular flexibility index (Phi) is 2.18. The van der Waals surface area contributed by atoms with E-state index in [0.29, 0.717) is 0 Å². The maximum absolute atomic E-state index is 12.4. The molecule has 0 saturated heterocycles. The van der Waals surface area contributed by atoms with Crippen LogP contribution in [0.15, 0.2) is 18.2 Å². The van der Waals surface area contributed by atoms with Crippen molar-refractivity contribution in [3.05, 3.63) is 29.6 Å². The van der Waals surface area contributed by atoms with Crippen LogP contribution in [0.4, 0.5) is 4.39 Å². The number of hydrogen-bond donors (Lipinski definition) is 0. The summed E-state index contributed by atoms with van der Waals surface area (Å²) < 4.78 is 13.6. The summed E-state index contributed by atoms with van der Waals surface area (Å²) in [6.45, 7) is 1.93. The number of aryl methyl sites for hydroxylation is 1. The quantitative estimate of drug-likeness (QED) is 0.625. The Morgan fingerprint density at radius 1 is 1.44 bits per heavy atom. The van der Waals surface area contributed by atoms with Crippen LogP contribution in [0.25, 0.3) is 0 Å². The Hall–Kier alpha value is 0.0331. The molecule has 0 heterocycles. The third kappa shape index (κ3) is 1.72. The van der Waals surface area contributed by atoms with E-state index in [9.17, 15) is 4.39 Å². The molecule has 1 rings (SSSR count). The first-order valence-corrected chi connectivity index (χ1v) is 4.39. The number of benzene rings is 1. The van der Waals surface area contributed by atoms with Crippen LogP contribution in [-0.2, 0) is 0 Å². The second-order valence-corrected chi connectivity index (χ2v) is 3.80. The zero-order chi connectivity index (χ0) is 6.85. The molecule has 0 aliphatic rings. The summed E-state index contributed by atoms with van der Waals surface area (Å²) in [6.07, 6.45) is 0. The van der Waals surface area contributed by atoms with Gasteiger partial charge in [0.1, 0.15) is 0 Å². The van der Waals surface area contributed by atoms with Gasteiger partial charge in [-0.25, -0.2) is 0 Å². The van der Waals surface area contributed by atoms with Crippen LogP contribution in [0.2, 0.25) is 0 Å². The van der Waals surface area contributed by atoms with E-state index in [1.807, 2.05) is 13.0 Å². The molecule has 0 spiro atoms. The SMILES string of the molecule is Cc1cc(F)cc[c]1[Bi]. The van der Waals surface area contributed by atoms with Crippen molar-refractivity contribution in [2.24, 2.45) is 0 Å². The fourth-order valence-corrected chi connectivity index (χ4v) is 1.16. The summed E-state index contributed by atoms with van der Waals surface area (Å²) in [5.41, 5.74) is 1.06. The molecule has 46 valence electrons.